The van der Waals surface area contributed by atoms with E-state index in [1.165, 1.54) is 0 Å². The quantitative estimate of drug-likeness (QED) is 0.795. The Hall–Kier alpha value is -1.55. The summed E-state index contributed by atoms with van der Waals surface area (Å²) in [7, 11) is 0. The second-order valence-electron chi connectivity index (χ2n) is 4.25. The van der Waals surface area contributed by atoms with Gasteiger partial charge in [-0.05, 0) is 38.5 Å². The molecule has 0 saturated heterocycles. The maximum absolute atomic E-state index is 10.6. The highest BCUT2D eigenvalue weighted by molar-refractivity contribution is 5.72. The van der Waals surface area contributed by atoms with E-state index >= 15 is 0 Å². The van der Waals surface area contributed by atoms with Crippen molar-refractivity contribution in [3.05, 3.63) is 29.8 Å². The molecule has 0 aliphatic carbocycles. The molecule has 0 saturated carbocycles. The maximum Gasteiger partial charge on any atom is 0.320 e. The highest BCUT2D eigenvalue weighted by Crippen LogP contribution is 2.14. The molecule has 17 heavy (non-hydrogen) atoms. The van der Waals surface area contributed by atoms with Crippen LogP contribution in [0.2, 0.25) is 0 Å². The van der Waals surface area contributed by atoms with Crippen LogP contribution in [0.5, 0.6) is 5.75 Å². The Kier molecular flexibility index (Phi) is 4.97. The second-order valence-corrected chi connectivity index (χ2v) is 4.25. The summed E-state index contributed by atoms with van der Waals surface area (Å²) in [6.45, 7) is 6.08. The van der Waals surface area contributed by atoms with Gasteiger partial charge in [-0.15, -0.1) is 0 Å². The first-order valence-electron chi connectivity index (χ1n) is 5.71. The Morgan fingerprint density at radius 3 is 2.71 bits per heavy atom. The first-order valence-corrected chi connectivity index (χ1v) is 5.71. The fourth-order valence-corrected chi connectivity index (χ4v) is 1.36. The van der Waals surface area contributed by atoms with Gasteiger partial charge in [-0.2, -0.15) is 0 Å². The van der Waals surface area contributed by atoms with Crippen LogP contribution in [-0.2, 0) is 11.3 Å². The normalized spacial score (nSPS) is 12.5. The predicted molar refractivity (Wildman–Crippen MR) is 66.1 cm³/mol. The minimum Gasteiger partial charge on any atom is -0.491 e. The predicted octanol–water partition coefficient (Wildman–Crippen LogP) is 2.04. The molecule has 0 spiro atoms. The van der Waals surface area contributed by atoms with Crippen molar-refractivity contribution in [2.75, 3.05) is 0 Å². The van der Waals surface area contributed by atoms with Crippen molar-refractivity contribution in [3.63, 3.8) is 0 Å². The third-order valence-electron chi connectivity index (χ3n) is 2.25. The zero-order valence-corrected chi connectivity index (χ0v) is 10.4. The molecule has 1 atom stereocenters. The first-order chi connectivity index (χ1) is 7.99. The minimum absolute atomic E-state index is 0.135. The summed E-state index contributed by atoms with van der Waals surface area (Å²) in [5, 5.41) is 11.7. The molecule has 0 fully saturated rings. The van der Waals surface area contributed by atoms with E-state index in [9.17, 15) is 4.79 Å². The van der Waals surface area contributed by atoms with E-state index in [1.54, 1.807) is 6.92 Å². The SMILES string of the molecule is CC(C)Oc1cccc(CN[C@@H](C)C(=O)O)c1. The highest BCUT2D eigenvalue weighted by Gasteiger charge is 2.09. The molecule has 1 aromatic carbocycles. The first kappa shape index (κ1) is 13.5. The molecule has 0 amide bonds. The molecule has 1 rings (SSSR count). The molecule has 0 bridgehead atoms. The van der Waals surface area contributed by atoms with E-state index < -0.39 is 12.0 Å². The van der Waals surface area contributed by atoms with Gasteiger partial charge in [0.25, 0.3) is 0 Å². The number of rotatable bonds is 6. The van der Waals surface area contributed by atoms with E-state index in [4.69, 9.17) is 9.84 Å². The van der Waals surface area contributed by atoms with Crippen LogP contribution in [0.25, 0.3) is 0 Å². The van der Waals surface area contributed by atoms with Gasteiger partial charge in [0.05, 0.1) is 6.10 Å². The Morgan fingerprint density at radius 2 is 2.12 bits per heavy atom. The number of benzene rings is 1. The third-order valence-corrected chi connectivity index (χ3v) is 2.25. The van der Waals surface area contributed by atoms with E-state index in [0.717, 1.165) is 11.3 Å². The number of nitrogens with one attached hydrogen (secondary N) is 1. The van der Waals surface area contributed by atoms with Gasteiger partial charge in [-0.25, -0.2) is 0 Å². The van der Waals surface area contributed by atoms with Gasteiger partial charge in [-0.1, -0.05) is 12.1 Å². The zero-order chi connectivity index (χ0) is 12.8. The summed E-state index contributed by atoms with van der Waals surface area (Å²) in [6, 6.07) is 7.10. The molecule has 0 unspecified atom stereocenters. The van der Waals surface area contributed by atoms with Crippen LogP contribution in [0.1, 0.15) is 26.3 Å². The molecule has 0 heterocycles. The van der Waals surface area contributed by atoms with Crippen molar-refractivity contribution in [1.82, 2.24) is 5.32 Å². The lowest BCUT2D eigenvalue weighted by Gasteiger charge is -2.12. The third kappa shape index (κ3) is 4.87. The summed E-state index contributed by atoms with van der Waals surface area (Å²) >= 11 is 0. The van der Waals surface area contributed by atoms with Crippen molar-refractivity contribution in [2.45, 2.75) is 39.5 Å². The average molecular weight is 237 g/mol. The molecule has 1 aromatic rings. The molecular formula is C13H19NO3. The Morgan fingerprint density at radius 1 is 1.41 bits per heavy atom. The molecule has 4 nitrogen and oxygen atoms in total. The summed E-state index contributed by atoms with van der Waals surface area (Å²) in [5.74, 6) is -0.0399. The van der Waals surface area contributed by atoms with Gasteiger partial charge in [-0.3, -0.25) is 4.79 Å². The number of aliphatic carboxylic acids is 1. The van der Waals surface area contributed by atoms with Crippen LogP contribution in [0, 0.1) is 0 Å². The van der Waals surface area contributed by atoms with Crippen molar-refractivity contribution in [3.8, 4) is 5.75 Å². The van der Waals surface area contributed by atoms with Crippen LogP contribution in [0.4, 0.5) is 0 Å². The molecule has 94 valence electrons. The Balaban J connectivity index is 2.56. The summed E-state index contributed by atoms with van der Waals surface area (Å²) in [4.78, 5) is 10.6. The van der Waals surface area contributed by atoms with Crippen LogP contribution < -0.4 is 10.1 Å². The van der Waals surface area contributed by atoms with Crippen molar-refractivity contribution >= 4 is 5.97 Å². The number of carboxylic acid groups (broad SMARTS) is 1. The van der Waals surface area contributed by atoms with E-state index in [1.807, 2.05) is 38.1 Å². The summed E-state index contributed by atoms with van der Waals surface area (Å²) in [6.07, 6.45) is 0.135. The van der Waals surface area contributed by atoms with Gasteiger partial charge in [0, 0.05) is 6.54 Å². The largest absolute Gasteiger partial charge is 0.491 e. The zero-order valence-electron chi connectivity index (χ0n) is 10.4. The lowest BCUT2D eigenvalue weighted by molar-refractivity contribution is -0.139. The minimum atomic E-state index is -0.848. The van der Waals surface area contributed by atoms with Crippen molar-refractivity contribution in [2.24, 2.45) is 0 Å². The van der Waals surface area contributed by atoms with Gasteiger partial charge in [0.2, 0.25) is 0 Å². The van der Waals surface area contributed by atoms with E-state index in [-0.39, 0.29) is 6.10 Å². The molecule has 0 radical (unpaired) electrons. The lowest BCUT2D eigenvalue weighted by Crippen LogP contribution is -2.33. The maximum atomic E-state index is 10.6. The molecule has 4 heteroatoms. The van der Waals surface area contributed by atoms with Crippen molar-refractivity contribution in [1.29, 1.82) is 0 Å². The Labute approximate surface area is 102 Å². The fourth-order valence-electron chi connectivity index (χ4n) is 1.36. The molecule has 2 N–H and O–H groups in total. The van der Waals surface area contributed by atoms with Crippen LogP contribution >= 0.6 is 0 Å². The fraction of sp³-hybridized carbons (Fsp3) is 0.462. The molecule has 0 aliphatic rings. The van der Waals surface area contributed by atoms with Crippen LogP contribution in [0.15, 0.2) is 24.3 Å². The lowest BCUT2D eigenvalue weighted by atomic mass is 10.2. The number of hydrogen-bond donors (Lipinski definition) is 2. The Bertz CT molecular complexity index is 377. The van der Waals surface area contributed by atoms with E-state index in [0.29, 0.717) is 6.54 Å². The smallest absolute Gasteiger partial charge is 0.320 e. The number of hydrogen-bond acceptors (Lipinski definition) is 3. The van der Waals surface area contributed by atoms with Gasteiger partial charge in [0.1, 0.15) is 11.8 Å². The van der Waals surface area contributed by atoms with Gasteiger partial charge in [0.15, 0.2) is 0 Å². The topological polar surface area (TPSA) is 58.6 Å². The van der Waals surface area contributed by atoms with Crippen molar-refractivity contribution < 1.29 is 14.6 Å². The molecule has 0 aliphatic heterocycles. The van der Waals surface area contributed by atoms with Gasteiger partial charge < -0.3 is 15.2 Å². The summed E-state index contributed by atoms with van der Waals surface area (Å²) in [5.41, 5.74) is 1.01. The van der Waals surface area contributed by atoms with Gasteiger partial charge >= 0.3 is 5.97 Å². The van der Waals surface area contributed by atoms with Crippen LogP contribution in [-0.4, -0.2) is 23.2 Å². The number of carboxylic acids is 1. The molecular weight excluding hydrogens is 218 g/mol. The number of ether oxygens (including phenoxy) is 1. The summed E-state index contributed by atoms with van der Waals surface area (Å²) < 4.78 is 5.57. The second kappa shape index (κ2) is 6.25. The highest BCUT2D eigenvalue weighted by atomic mass is 16.5. The van der Waals surface area contributed by atoms with E-state index in [2.05, 4.69) is 5.32 Å². The standard InChI is InChI=1S/C13H19NO3/c1-9(2)17-12-6-4-5-11(7-12)8-14-10(3)13(15)16/h4-7,9-10,14H,8H2,1-3H3,(H,15,16)/t10-/m0/s1. The average Bonchev–Trinajstić information content (AvgIpc) is 2.25. The monoisotopic (exact) mass is 237 g/mol. The van der Waals surface area contributed by atoms with Crippen LogP contribution in [0.3, 0.4) is 0 Å². The molecule has 0 aromatic heterocycles. The number of carbonyl (C=O) groups is 1.